The summed E-state index contributed by atoms with van der Waals surface area (Å²) in [5, 5.41) is 7.00. The van der Waals surface area contributed by atoms with E-state index in [9.17, 15) is 4.79 Å². The van der Waals surface area contributed by atoms with E-state index in [0.29, 0.717) is 6.54 Å². The molecule has 2 aromatic rings. The van der Waals surface area contributed by atoms with Crippen molar-refractivity contribution in [2.24, 2.45) is 5.73 Å². The van der Waals surface area contributed by atoms with Crippen LogP contribution in [0.25, 0.3) is 0 Å². The number of methoxy groups -OCH3 is 1. The number of carbonyl (C=O) groups excluding carboxylic acids is 1. The molecule has 0 saturated heterocycles. The number of hydrogen-bond acceptors (Lipinski definition) is 4. The minimum atomic E-state index is -0.646. The van der Waals surface area contributed by atoms with Gasteiger partial charge in [0, 0.05) is 31.7 Å². The lowest BCUT2D eigenvalue weighted by Gasteiger charge is -2.15. The maximum absolute atomic E-state index is 12.0. The van der Waals surface area contributed by atoms with E-state index < -0.39 is 6.10 Å². The number of nitrogens with two attached hydrogens (primary N) is 1. The Balaban J connectivity index is 2.13. The van der Waals surface area contributed by atoms with Gasteiger partial charge in [0.05, 0.1) is 6.54 Å². The van der Waals surface area contributed by atoms with Crippen LogP contribution in [0.4, 0.5) is 5.69 Å². The second-order valence-corrected chi connectivity index (χ2v) is 4.31. The number of rotatable bonds is 6. The van der Waals surface area contributed by atoms with E-state index in [1.165, 1.54) is 7.11 Å². The highest BCUT2D eigenvalue weighted by atomic mass is 16.5. The van der Waals surface area contributed by atoms with Crippen molar-refractivity contribution in [3.63, 3.8) is 0 Å². The zero-order valence-electron chi connectivity index (χ0n) is 11.3. The first kappa shape index (κ1) is 14.2. The molecule has 1 amide bonds. The molecule has 6 heteroatoms. The van der Waals surface area contributed by atoms with Gasteiger partial charge in [0.1, 0.15) is 6.10 Å². The van der Waals surface area contributed by atoms with Gasteiger partial charge in [0.2, 0.25) is 0 Å². The fourth-order valence-electron chi connectivity index (χ4n) is 1.87. The topological polar surface area (TPSA) is 82.2 Å². The number of amides is 1. The van der Waals surface area contributed by atoms with E-state index in [1.807, 2.05) is 36.5 Å². The van der Waals surface area contributed by atoms with Crippen LogP contribution in [-0.4, -0.2) is 35.4 Å². The normalized spacial score (nSPS) is 12.1. The molecule has 6 nitrogen and oxygen atoms in total. The summed E-state index contributed by atoms with van der Waals surface area (Å²) in [6.07, 6.45) is 2.94. The number of ether oxygens (including phenoxy) is 1. The molecule has 0 aliphatic heterocycles. The second-order valence-electron chi connectivity index (χ2n) is 4.31. The van der Waals surface area contributed by atoms with Crippen molar-refractivity contribution in [1.29, 1.82) is 0 Å². The first-order chi connectivity index (χ1) is 9.74. The van der Waals surface area contributed by atoms with Crippen molar-refractivity contribution in [3.05, 3.63) is 48.3 Å². The summed E-state index contributed by atoms with van der Waals surface area (Å²) in [5.74, 6) is -0.247. The Morgan fingerprint density at radius 2 is 2.25 bits per heavy atom. The molecular weight excluding hydrogens is 256 g/mol. The molecule has 1 atom stereocenters. The van der Waals surface area contributed by atoms with Gasteiger partial charge in [0.25, 0.3) is 5.91 Å². The Kier molecular flexibility index (Phi) is 4.86. The highest BCUT2D eigenvalue weighted by Crippen LogP contribution is 2.16. The zero-order valence-corrected chi connectivity index (χ0v) is 11.3. The van der Waals surface area contributed by atoms with E-state index in [2.05, 4.69) is 10.4 Å². The van der Waals surface area contributed by atoms with Crippen LogP contribution in [0.1, 0.15) is 5.56 Å². The minimum absolute atomic E-state index is 0.143. The molecule has 0 fully saturated rings. The van der Waals surface area contributed by atoms with Gasteiger partial charge in [-0.1, -0.05) is 18.2 Å². The largest absolute Gasteiger partial charge is 0.370 e. The second kappa shape index (κ2) is 6.83. The Morgan fingerprint density at radius 1 is 1.45 bits per heavy atom. The number of carbonyl (C=O) groups is 1. The van der Waals surface area contributed by atoms with Crippen LogP contribution in [0, 0.1) is 0 Å². The quantitative estimate of drug-likeness (QED) is 0.818. The fourth-order valence-corrected chi connectivity index (χ4v) is 1.87. The molecule has 0 aliphatic carbocycles. The molecule has 1 aromatic heterocycles. The molecule has 3 N–H and O–H groups in total. The monoisotopic (exact) mass is 274 g/mol. The number of aromatic nitrogens is 2. The molecule has 1 unspecified atom stereocenters. The molecule has 106 valence electrons. The molecule has 0 bridgehead atoms. The number of nitrogens with one attached hydrogen (secondary N) is 1. The summed E-state index contributed by atoms with van der Waals surface area (Å²) in [4.78, 5) is 12.0. The van der Waals surface area contributed by atoms with Crippen LogP contribution in [-0.2, 0) is 16.1 Å². The molecule has 0 saturated carbocycles. The van der Waals surface area contributed by atoms with Crippen LogP contribution in [0.2, 0.25) is 0 Å². The average Bonchev–Trinajstić information content (AvgIpc) is 2.95. The predicted octanol–water partition coefficient (Wildman–Crippen LogP) is 0.844. The van der Waals surface area contributed by atoms with Gasteiger partial charge in [-0.3, -0.25) is 9.48 Å². The minimum Gasteiger partial charge on any atom is -0.370 e. The molecule has 20 heavy (non-hydrogen) atoms. The van der Waals surface area contributed by atoms with Gasteiger partial charge in [0.15, 0.2) is 0 Å². The molecule has 0 aliphatic rings. The zero-order chi connectivity index (χ0) is 14.4. The third-order valence-electron chi connectivity index (χ3n) is 2.96. The van der Waals surface area contributed by atoms with Gasteiger partial charge in [-0.25, -0.2) is 0 Å². The first-order valence-electron chi connectivity index (χ1n) is 6.33. The number of anilines is 1. The van der Waals surface area contributed by atoms with Crippen LogP contribution in [0.3, 0.4) is 0 Å². The highest BCUT2D eigenvalue weighted by Gasteiger charge is 2.16. The highest BCUT2D eigenvalue weighted by molar-refractivity contribution is 5.95. The molecule has 1 heterocycles. The number of para-hydroxylation sites is 1. The first-order valence-corrected chi connectivity index (χ1v) is 6.33. The SMILES string of the molecule is COC(CN)C(=O)Nc1ccccc1Cn1cccn1. The number of nitrogens with zero attached hydrogens (tertiary/aromatic N) is 2. The lowest BCUT2D eigenvalue weighted by molar-refractivity contribution is -0.125. The van der Waals surface area contributed by atoms with Crippen molar-refractivity contribution in [1.82, 2.24) is 9.78 Å². The Hall–Kier alpha value is -2.18. The third kappa shape index (κ3) is 3.43. The summed E-state index contributed by atoms with van der Waals surface area (Å²) in [5.41, 5.74) is 7.19. The maximum Gasteiger partial charge on any atom is 0.254 e. The summed E-state index contributed by atoms with van der Waals surface area (Å²) in [6.45, 7) is 0.730. The van der Waals surface area contributed by atoms with Crippen LogP contribution in [0.15, 0.2) is 42.7 Å². The Morgan fingerprint density at radius 3 is 2.90 bits per heavy atom. The van der Waals surface area contributed by atoms with Gasteiger partial charge in [-0.05, 0) is 17.7 Å². The number of hydrogen-bond donors (Lipinski definition) is 2. The summed E-state index contributed by atoms with van der Waals surface area (Å²) in [6, 6.07) is 9.44. The van der Waals surface area contributed by atoms with Crippen molar-refractivity contribution < 1.29 is 9.53 Å². The number of benzene rings is 1. The molecule has 0 spiro atoms. The van der Waals surface area contributed by atoms with Crippen molar-refractivity contribution in [3.8, 4) is 0 Å². The van der Waals surface area contributed by atoms with Gasteiger partial charge >= 0.3 is 0 Å². The van der Waals surface area contributed by atoms with E-state index in [0.717, 1.165) is 11.3 Å². The molecule has 0 radical (unpaired) electrons. The van der Waals surface area contributed by atoms with Gasteiger partial charge < -0.3 is 15.8 Å². The van der Waals surface area contributed by atoms with Crippen LogP contribution >= 0.6 is 0 Å². The molecule has 2 rings (SSSR count). The van der Waals surface area contributed by atoms with Crippen molar-refractivity contribution in [2.75, 3.05) is 19.0 Å². The smallest absolute Gasteiger partial charge is 0.254 e. The molecule has 1 aromatic carbocycles. The lowest BCUT2D eigenvalue weighted by Crippen LogP contribution is -2.36. The summed E-state index contributed by atoms with van der Waals surface area (Å²) < 4.78 is 6.82. The van der Waals surface area contributed by atoms with Crippen molar-refractivity contribution >= 4 is 11.6 Å². The fraction of sp³-hybridized carbons (Fsp3) is 0.286. The Labute approximate surface area is 117 Å². The predicted molar refractivity (Wildman–Crippen MR) is 76.3 cm³/mol. The van der Waals surface area contributed by atoms with E-state index in [1.54, 1.807) is 10.9 Å². The lowest BCUT2D eigenvalue weighted by atomic mass is 10.1. The van der Waals surface area contributed by atoms with Crippen LogP contribution < -0.4 is 11.1 Å². The molecular formula is C14H18N4O2. The Bertz CT molecular complexity index is 550. The average molecular weight is 274 g/mol. The van der Waals surface area contributed by atoms with Gasteiger partial charge in [-0.15, -0.1) is 0 Å². The van der Waals surface area contributed by atoms with Crippen molar-refractivity contribution in [2.45, 2.75) is 12.6 Å². The standard InChI is InChI=1S/C14H18N4O2/c1-20-13(9-15)14(19)17-12-6-3-2-5-11(12)10-18-8-4-7-16-18/h2-8,13H,9-10,15H2,1H3,(H,17,19). The van der Waals surface area contributed by atoms with E-state index in [-0.39, 0.29) is 12.5 Å². The van der Waals surface area contributed by atoms with E-state index >= 15 is 0 Å². The van der Waals surface area contributed by atoms with E-state index in [4.69, 9.17) is 10.5 Å². The maximum atomic E-state index is 12.0. The summed E-state index contributed by atoms with van der Waals surface area (Å²) >= 11 is 0. The van der Waals surface area contributed by atoms with Gasteiger partial charge in [-0.2, -0.15) is 5.10 Å². The van der Waals surface area contributed by atoms with Crippen LogP contribution in [0.5, 0.6) is 0 Å². The third-order valence-corrected chi connectivity index (χ3v) is 2.96. The summed E-state index contributed by atoms with van der Waals surface area (Å²) in [7, 11) is 1.47.